The highest BCUT2D eigenvalue weighted by atomic mass is 35.5. The average Bonchev–Trinajstić information content (AvgIpc) is 2.93. The van der Waals surface area contributed by atoms with E-state index in [1.165, 1.54) is 31.4 Å². The number of anilines is 1. The zero-order valence-corrected chi connectivity index (χ0v) is 20.6. The maximum Gasteiger partial charge on any atom is 0.430 e. The Hall–Kier alpha value is -2.85. The molecule has 1 amide bonds. The van der Waals surface area contributed by atoms with Gasteiger partial charge in [-0.3, -0.25) is 5.32 Å². The van der Waals surface area contributed by atoms with Crippen molar-refractivity contribution in [1.29, 1.82) is 0 Å². The Morgan fingerprint density at radius 1 is 1.17 bits per heavy atom. The molecule has 2 aromatic carbocycles. The molecule has 0 unspecified atom stereocenters. The van der Waals surface area contributed by atoms with Gasteiger partial charge >= 0.3 is 12.3 Å². The lowest BCUT2D eigenvalue weighted by Gasteiger charge is -2.49. The fourth-order valence-electron chi connectivity index (χ4n) is 5.16. The summed E-state index contributed by atoms with van der Waals surface area (Å²) in [5.74, 6) is -3.39. The number of hydrogen-bond donors (Lipinski definition) is 1. The minimum Gasteiger partial charge on any atom is -0.542 e. The predicted octanol–water partition coefficient (Wildman–Crippen LogP) is 5.15. The van der Waals surface area contributed by atoms with Crippen molar-refractivity contribution in [2.75, 3.05) is 26.0 Å². The Labute approximate surface area is 211 Å². The van der Waals surface area contributed by atoms with Crippen LogP contribution in [0.3, 0.4) is 0 Å². The molecular weight excluding hydrogens is 504 g/mol. The van der Waals surface area contributed by atoms with Crippen molar-refractivity contribution in [3.8, 4) is 11.1 Å². The summed E-state index contributed by atoms with van der Waals surface area (Å²) in [5.41, 5.74) is 1.79. The number of halogens is 5. The van der Waals surface area contributed by atoms with E-state index < -0.39 is 18.2 Å². The van der Waals surface area contributed by atoms with Crippen LogP contribution in [0, 0.1) is 5.82 Å². The number of carbonyl (C=O) groups excluding carboxylic acids is 2. The van der Waals surface area contributed by atoms with Crippen molar-refractivity contribution in [2.24, 2.45) is 0 Å². The first-order chi connectivity index (χ1) is 16.7. The molecule has 0 radical (unpaired) electrons. The quantitative estimate of drug-likeness (QED) is 0.438. The second kappa shape index (κ2) is 10.6. The third-order valence-electron chi connectivity index (χ3n) is 7.32. The summed E-state index contributed by atoms with van der Waals surface area (Å²) < 4.78 is 52.0. The lowest BCUT2D eigenvalue weighted by Crippen LogP contribution is -2.63. The van der Waals surface area contributed by atoms with Gasteiger partial charge in [0.2, 0.25) is 0 Å². The van der Waals surface area contributed by atoms with Gasteiger partial charge in [-0.1, -0.05) is 23.7 Å². The molecule has 11 heteroatoms. The van der Waals surface area contributed by atoms with Crippen LogP contribution < -0.4 is 10.4 Å². The number of nitrogens with one attached hydrogen (secondary N) is 1. The Morgan fingerprint density at radius 3 is 2.50 bits per heavy atom. The molecule has 2 saturated heterocycles. The molecule has 0 aromatic heterocycles. The molecule has 36 heavy (non-hydrogen) atoms. The van der Waals surface area contributed by atoms with E-state index in [4.69, 9.17) is 26.2 Å². The number of ether oxygens (including phenoxy) is 1. The van der Waals surface area contributed by atoms with Crippen molar-refractivity contribution in [2.45, 2.75) is 49.9 Å². The molecular formula is C25H27ClF4N2O4. The minimum absolute atomic E-state index is 0.00115. The second-order valence-electron chi connectivity index (χ2n) is 9.54. The number of likely N-dealkylation sites (N-methyl/N-ethyl adjacent to an activating group) is 1. The number of alkyl halides is 3. The van der Waals surface area contributed by atoms with Crippen molar-refractivity contribution in [1.82, 2.24) is 0 Å². The molecule has 2 bridgehead atoms. The molecule has 2 aromatic rings. The Morgan fingerprint density at radius 2 is 1.86 bits per heavy atom. The first-order valence-electron chi connectivity index (χ1n) is 11.4. The monoisotopic (exact) mass is 530 g/mol. The number of amides is 1. The highest BCUT2D eigenvalue weighted by Gasteiger charge is 2.58. The van der Waals surface area contributed by atoms with E-state index in [2.05, 4.69) is 19.4 Å². The topological polar surface area (TPSA) is 78.5 Å². The fourth-order valence-corrected chi connectivity index (χ4v) is 5.35. The SMILES string of the molecule is C[N+]1(C)[C@@H]2CCC[C@@]1(COC(=O)Nc1ccc(F)cc1-c1cccc(Cl)c1)CC2.O=C([O-])C(F)(F)F. The van der Waals surface area contributed by atoms with E-state index in [1.807, 2.05) is 6.07 Å². The summed E-state index contributed by atoms with van der Waals surface area (Å²) in [7, 11) is 4.52. The lowest BCUT2D eigenvalue weighted by molar-refractivity contribution is -0.956. The number of carbonyl (C=O) groups is 2. The van der Waals surface area contributed by atoms with Crippen LogP contribution in [0.4, 0.5) is 28.0 Å². The van der Waals surface area contributed by atoms with Gasteiger partial charge in [0.1, 0.15) is 23.9 Å². The zero-order chi connectivity index (χ0) is 26.7. The Kier molecular flexibility index (Phi) is 8.20. The largest absolute Gasteiger partial charge is 0.542 e. The van der Waals surface area contributed by atoms with E-state index >= 15 is 0 Å². The van der Waals surface area contributed by atoms with Crippen LogP contribution in [0.2, 0.25) is 5.02 Å². The molecule has 0 saturated carbocycles. The van der Waals surface area contributed by atoms with E-state index in [9.17, 15) is 22.4 Å². The van der Waals surface area contributed by atoms with E-state index in [-0.39, 0.29) is 11.4 Å². The molecule has 2 atom stereocenters. The van der Waals surface area contributed by atoms with Crippen LogP contribution in [-0.2, 0) is 9.53 Å². The molecule has 2 fully saturated rings. The Balaban J connectivity index is 0.000000454. The van der Waals surface area contributed by atoms with Gasteiger partial charge in [-0.2, -0.15) is 13.2 Å². The van der Waals surface area contributed by atoms with Gasteiger partial charge in [0, 0.05) is 29.8 Å². The molecule has 196 valence electrons. The van der Waals surface area contributed by atoms with Gasteiger partial charge < -0.3 is 19.1 Å². The summed E-state index contributed by atoms with van der Waals surface area (Å²) >= 11 is 6.08. The molecule has 4 rings (SSSR count). The normalized spacial score (nSPS) is 22.2. The second-order valence-corrected chi connectivity index (χ2v) is 9.97. The smallest absolute Gasteiger partial charge is 0.430 e. The van der Waals surface area contributed by atoms with E-state index in [0.717, 1.165) is 22.9 Å². The highest BCUT2D eigenvalue weighted by molar-refractivity contribution is 6.30. The van der Waals surface area contributed by atoms with Crippen LogP contribution in [0.15, 0.2) is 42.5 Å². The summed E-state index contributed by atoms with van der Waals surface area (Å²) in [6, 6.07) is 12.0. The highest BCUT2D eigenvalue weighted by Crippen LogP contribution is 2.48. The van der Waals surface area contributed by atoms with Crippen molar-refractivity contribution in [3.05, 3.63) is 53.3 Å². The van der Waals surface area contributed by atoms with Gasteiger partial charge in [0.25, 0.3) is 0 Å². The van der Waals surface area contributed by atoms with Crippen molar-refractivity contribution >= 4 is 29.4 Å². The van der Waals surface area contributed by atoms with Gasteiger partial charge in [-0.05, 0) is 48.7 Å². The van der Waals surface area contributed by atoms with Gasteiger partial charge in [-0.15, -0.1) is 0 Å². The number of carboxylic acid groups (broad SMARTS) is 1. The zero-order valence-electron chi connectivity index (χ0n) is 19.8. The number of hydrogen-bond acceptors (Lipinski definition) is 4. The number of nitrogens with zero attached hydrogens (tertiary/aromatic N) is 1. The van der Waals surface area contributed by atoms with Crippen LogP contribution in [-0.4, -0.2) is 55.0 Å². The van der Waals surface area contributed by atoms with Crippen LogP contribution in [0.1, 0.15) is 32.1 Å². The van der Waals surface area contributed by atoms with Crippen LogP contribution in [0.5, 0.6) is 0 Å². The van der Waals surface area contributed by atoms with Gasteiger partial charge in [-0.25, -0.2) is 9.18 Å². The molecule has 0 spiro atoms. The van der Waals surface area contributed by atoms with Crippen molar-refractivity contribution < 1.29 is 41.5 Å². The number of benzene rings is 2. The molecule has 2 heterocycles. The first-order valence-corrected chi connectivity index (χ1v) is 11.7. The number of carboxylic acids is 1. The standard InChI is InChI=1S/C23H26ClFN2O2.C2HF3O2/c1-27(2)19-7-4-11-23(27,12-10-19)15-29-22(28)26-21-9-8-18(25)14-20(21)16-5-3-6-17(24)13-16;3-2(4,5)1(6)7/h3,5-6,8-9,13-14,19H,4,7,10-12,15H2,1-2H3;(H,6,7)/t19-,23+;/m1./s1. The van der Waals surface area contributed by atoms with Gasteiger partial charge in [0.05, 0.1) is 25.8 Å². The predicted molar refractivity (Wildman–Crippen MR) is 125 cm³/mol. The maximum atomic E-state index is 13.9. The van der Waals surface area contributed by atoms with E-state index in [0.29, 0.717) is 28.9 Å². The molecule has 2 aliphatic rings. The number of fused-ring (bicyclic) bond motifs is 2. The number of rotatable bonds is 4. The van der Waals surface area contributed by atoms with Crippen LogP contribution >= 0.6 is 11.6 Å². The summed E-state index contributed by atoms with van der Waals surface area (Å²) in [6.07, 6.45) is 0.0853. The van der Waals surface area contributed by atoms with E-state index in [1.54, 1.807) is 24.3 Å². The van der Waals surface area contributed by atoms with Crippen molar-refractivity contribution in [3.63, 3.8) is 0 Å². The van der Waals surface area contributed by atoms with Gasteiger partial charge in [0.15, 0.2) is 0 Å². The summed E-state index contributed by atoms with van der Waals surface area (Å²) in [5, 5.41) is 12.1. The Bertz CT molecular complexity index is 1120. The molecule has 0 aliphatic carbocycles. The average molecular weight is 531 g/mol. The maximum absolute atomic E-state index is 13.9. The minimum atomic E-state index is -5.19. The number of piperidine rings is 1. The fraction of sp³-hybridized carbons (Fsp3) is 0.440. The third kappa shape index (κ3) is 6.10. The van der Waals surface area contributed by atoms with Crippen LogP contribution in [0.25, 0.3) is 11.1 Å². The summed E-state index contributed by atoms with van der Waals surface area (Å²) in [6.45, 7) is 0.399. The summed E-state index contributed by atoms with van der Waals surface area (Å²) in [4.78, 5) is 21.4. The first kappa shape index (κ1) is 27.7. The lowest BCUT2D eigenvalue weighted by atomic mass is 9.87. The molecule has 2 aliphatic heterocycles. The molecule has 6 nitrogen and oxygen atoms in total. The molecule has 1 N–H and O–H groups in total. The third-order valence-corrected chi connectivity index (χ3v) is 7.55. The number of quaternary nitrogens is 1. The number of aliphatic carboxylic acids is 1.